The molecule has 1 aromatic rings. The summed E-state index contributed by atoms with van der Waals surface area (Å²) >= 11 is 0. The Bertz CT molecular complexity index is 418. The van der Waals surface area contributed by atoms with Gasteiger partial charge in [-0.1, -0.05) is 30.3 Å². The molecule has 0 aromatic heterocycles. The highest BCUT2D eigenvalue weighted by Gasteiger charge is 2.38. The predicted molar refractivity (Wildman–Crippen MR) is 84.0 cm³/mol. The second-order valence-corrected chi connectivity index (χ2v) is 6.51. The summed E-state index contributed by atoms with van der Waals surface area (Å²) in [6.07, 6.45) is 5.66. The van der Waals surface area contributed by atoms with Crippen LogP contribution in [0.2, 0.25) is 0 Å². The number of aliphatic hydroxyl groups excluding tert-OH is 1. The number of piperidine rings is 1. The van der Waals surface area contributed by atoms with Crippen molar-refractivity contribution in [3.8, 4) is 0 Å². The van der Waals surface area contributed by atoms with E-state index in [2.05, 4.69) is 29.2 Å². The molecular weight excluding hydrogens is 262 g/mol. The van der Waals surface area contributed by atoms with Gasteiger partial charge in [0.15, 0.2) is 0 Å². The molecule has 0 spiro atoms. The van der Waals surface area contributed by atoms with Crippen LogP contribution in [0.3, 0.4) is 0 Å². The van der Waals surface area contributed by atoms with Crippen molar-refractivity contribution in [2.45, 2.75) is 50.9 Å². The zero-order valence-corrected chi connectivity index (χ0v) is 12.8. The highest BCUT2D eigenvalue weighted by Crippen LogP contribution is 2.39. The molecule has 2 aliphatic rings. The maximum Gasteiger partial charge on any atom is 0.0716 e. The predicted octanol–water partition coefficient (Wildman–Crippen LogP) is 2.83. The van der Waals surface area contributed by atoms with Crippen molar-refractivity contribution in [2.24, 2.45) is 5.92 Å². The normalized spacial score (nSPS) is 26.9. The van der Waals surface area contributed by atoms with Crippen LogP contribution >= 0.6 is 0 Å². The Hall–Kier alpha value is -0.900. The van der Waals surface area contributed by atoms with Crippen LogP contribution in [0.15, 0.2) is 30.3 Å². The summed E-state index contributed by atoms with van der Waals surface area (Å²) in [4.78, 5) is 2.59. The van der Waals surface area contributed by atoms with E-state index in [9.17, 15) is 5.11 Å². The molecule has 1 aliphatic heterocycles. The average Bonchev–Trinajstić information content (AvgIpc) is 3.34. The third-order valence-corrected chi connectivity index (χ3v) is 4.74. The zero-order chi connectivity index (χ0) is 14.5. The van der Waals surface area contributed by atoms with Crippen LogP contribution in [0.25, 0.3) is 0 Å². The van der Waals surface area contributed by atoms with Gasteiger partial charge in [-0.2, -0.15) is 0 Å². The molecule has 0 radical (unpaired) electrons. The molecule has 1 saturated carbocycles. The highest BCUT2D eigenvalue weighted by molar-refractivity contribution is 5.13. The fourth-order valence-corrected chi connectivity index (χ4v) is 3.41. The first-order valence-electron chi connectivity index (χ1n) is 8.37. The van der Waals surface area contributed by atoms with Crippen molar-refractivity contribution in [3.05, 3.63) is 35.9 Å². The zero-order valence-electron chi connectivity index (χ0n) is 12.8. The van der Waals surface area contributed by atoms with Gasteiger partial charge >= 0.3 is 0 Å². The van der Waals surface area contributed by atoms with E-state index in [1.54, 1.807) is 0 Å². The second-order valence-electron chi connectivity index (χ2n) is 6.51. The van der Waals surface area contributed by atoms with Crippen molar-refractivity contribution in [1.29, 1.82) is 0 Å². The molecule has 1 aromatic carbocycles. The first kappa shape index (κ1) is 15.0. The summed E-state index contributed by atoms with van der Waals surface area (Å²) in [5, 5.41) is 9.86. The first-order chi connectivity index (χ1) is 10.3. The molecule has 0 bridgehead atoms. The van der Waals surface area contributed by atoms with Crippen molar-refractivity contribution >= 4 is 0 Å². The Labute approximate surface area is 127 Å². The Balaban J connectivity index is 1.34. The van der Waals surface area contributed by atoms with Gasteiger partial charge in [0.05, 0.1) is 12.7 Å². The molecule has 1 saturated heterocycles. The van der Waals surface area contributed by atoms with E-state index in [4.69, 9.17) is 4.74 Å². The van der Waals surface area contributed by atoms with Crippen LogP contribution in [0.5, 0.6) is 0 Å². The van der Waals surface area contributed by atoms with E-state index < -0.39 is 0 Å². The third kappa shape index (κ3) is 4.53. The third-order valence-electron chi connectivity index (χ3n) is 4.74. The topological polar surface area (TPSA) is 32.7 Å². The minimum Gasteiger partial charge on any atom is -0.393 e. The van der Waals surface area contributed by atoms with Crippen molar-refractivity contribution < 1.29 is 9.84 Å². The van der Waals surface area contributed by atoms with Crippen LogP contribution in [0.1, 0.15) is 37.7 Å². The van der Waals surface area contributed by atoms with Gasteiger partial charge in [0.25, 0.3) is 0 Å². The number of aliphatic hydroxyl groups is 1. The van der Waals surface area contributed by atoms with E-state index in [-0.39, 0.29) is 6.10 Å². The molecule has 1 heterocycles. The summed E-state index contributed by atoms with van der Waals surface area (Å²) in [5.74, 6) is 0.852. The fourth-order valence-electron chi connectivity index (χ4n) is 3.41. The molecular formula is C18H27NO2. The van der Waals surface area contributed by atoms with Crippen LogP contribution in [-0.4, -0.2) is 41.8 Å². The van der Waals surface area contributed by atoms with E-state index in [1.165, 1.54) is 18.4 Å². The summed E-state index contributed by atoms with van der Waals surface area (Å²) < 4.78 is 5.77. The summed E-state index contributed by atoms with van der Waals surface area (Å²) in [6, 6.07) is 11.0. The van der Waals surface area contributed by atoms with Gasteiger partial charge < -0.3 is 9.84 Å². The molecule has 116 valence electrons. The Morgan fingerprint density at radius 2 is 1.95 bits per heavy atom. The summed E-state index contributed by atoms with van der Waals surface area (Å²) in [6.45, 7) is 3.71. The van der Waals surface area contributed by atoms with Gasteiger partial charge in [-0.3, -0.25) is 4.90 Å². The van der Waals surface area contributed by atoms with Crippen LogP contribution in [0, 0.1) is 5.92 Å². The number of benzene rings is 1. The first-order valence-corrected chi connectivity index (χ1v) is 8.37. The second kappa shape index (κ2) is 7.39. The molecule has 1 N–H and O–H groups in total. The van der Waals surface area contributed by atoms with Gasteiger partial charge in [-0.25, -0.2) is 0 Å². The summed E-state index contributed by atoms with van der Waals surface area (Å²) in [7, 11) is 0. The van der Waals surface area contributed by atoms with Crippen molar-refractivity contribution in [3.63, 3.8) is 0 Å². The van der Waals surface area contributed by atoms with Crippen LogP contribution in [-0.2, 0) is 11.3 Å². The van der Waals surface area contributed by atoms with E-state index >= 15 is 0 Å². The lowest BCUT2D eigenvalue weighted by molar-refractivity contribution is 0.0253. The van der Waals surface area contributed by atoms with E-state index in [0.717, 1.165) is 44.9 Å². The lowest BCUT2D eigenvalue weighted by Gasteiger charge is -2.38. The number of nitrogens with zero attached hydrogens (tertiary/aromatic N) is 1. The van der Waals surface area contributed by atoms with E-state index in [1.807, 2.05) is 6.07 Å². The number of likely N-dealkylation sites (tertiary alicyclic amines) is 1. The van der Waals surface area contributed by atoms with Crippen molar-refractivity contribution in [1.82, 2.24) is 4.90 Å². The van der Waals surface area contributed by atoms with Crippen LogP contribution in [0.4, 0.5) is 0 Å². The van der Waals surface area contributed by atoms with Gasteiger partial charge in [-0.15, -0.1) is 0 Å². The maximum absolute atomic E-state index is 9.86. The minimum atomic E-state index is -0.0684. The lowest BCUT2D eigenvalue weighted by atomic mass is 9.95. The molecule has 2 fully saturated rings. The quantitative estimate of drug-likeness (QED) is 0.784. The average molecular weight is 289 g/mol. The molecule has 3 rings (SSSR count). The summed E-state index contributed by atoms with van der Waals surface area (Å²) in [5.41, 5.74) is 1.24. The Kier molecular flexibility index (Phi) is 5.28. The van der Waals surface area contributed by atoms with E-state index in [0.29, 0.717) is 12.6 Å². The number of hydrogen-bond donors (Lipinski definition) is 1. The molecule has 1 aliphatic carbocycles. The minimum absolute atomic E-state index is 0.0684. The fraction of sp³-hybridized carbons (Fsp3) is 0.667. The SMILES string of the molecule is O[C@H]1CCN(CCCOCc2ccccc2)[C@@H](C2CC2)C1. The lowest BCUT2D eigenvalue weighted by Crippen LogP contribution is -2.46. The highest BCUT2D eigenvalue weighted by atomic mass is 16.5. The van der Waals surface area contributed by atoms with Gasteiger partial charge in [0, 0.05) is 25.7 Å². The molecule has 0 unspecified atom stereocenters. The van der Waals surface area contributed by atoms with Crippen LogP contribution < -0.4 is 0 Å². The number of hydrogen-bond acceptors (Lipinski definition) is 3. The van der Waals surface area contributed by atoms with Gasteiger partial charge in [0.1, 0.15) is 0 Å². The standard InChI is InChI=1S/C18H27NO2/c20-17-9-11-19(18(13-17)16-7-8-16)10-4-12-21-14-15-5-2-1-3-6-15/h1-3,5-6,16-18,20H,4,7-14H2/t17-,18+/m0/s1. The Morgan fingerprint density at radius 3 is 2.71 bits per heavy atom. The van der Waals surface area contributed by atoms with Gasteiger partial charge in [0.2, 0.25) is 0 Å². The Morgan fingerprint density at radius 1 is 1.14 bits per heavy atom. The molecule has 0 amide bonds. The maximum atomic E-state index is 9.86. The largest absolute Gasteiger partial charge is 0.393 e. The molecule has 3 nitrogen and oxygen atoms in total. The van der Waals surface area contributed by atoms with Gasteiger partial charge in [-0.05, 0) is 43.6 Å². The smallest absolute Gasteiger partial charge is 0.0716 e. The number of rotatable bonds is 7. The number of ether oxygens (including phenoxy) is 1. The molecule has 21 heavy (non-hydrogen) atoms. The molecule has 3 heteroatoms. The molecule has 2 atom stereocenters. The van der Waals surface area contributed by atoms with Crippen molar-refractivity contribution in [2.75, 3.05) is 19.7 Å². The monoisotopic (exact) mass is 289 g/mol.